The molecule has 1 aliphatic heterocycles. The first-order valence-electron chi connectivity index (χ1n) is 5.74. The largest absolute Gasteiger partial charge is 0.496 e. The fraction of sp³-hybridized carbons (Fsp3) is 0.357. The van der Waals surface area contributed by atoms with Crippen LogP contribution < -0.4 is 9.47 Å². The van der Waals surface area contributed by atoms with E-state index in [1.165, 1.54) is 14.0 Å². The summed E-state index contributed by atoms with van der Waals surface area (Å²) in [7, 11) is 1.54. The van der Waals surface area contributed by atoms with Gasteiger partial charge < -0.3 is 14.6 Å². The maximum Gasteiger partial charge on any atom is 0.163 e. The Balaban J connectivity index is 2.41. The van der Waals surface area contributed by atoms with Crippen LogP contribution in [0.4, 0.5) is 0 Å². The van der Waals surface area contributed by atoms with Crippen LogP contribution in [-0.2, 0) is 6.42 Å². The predicted octanol–water partition coefficient (Wildman–Crippen LogP) is 1.75. The summed E-state index contributed by atoms with van der Waals surface area (Å²) >= 11 is 0. The van der Waals surface area contributed by atoms with Crippen molar-refractivity contribution in [1.29, 1.82) is 0 Å². The lowest BCUT2D eigenvalue weighted by atomic mass is 10.0. The van der Waals surface area contributed by atoms with Crippen molar-refractivity contribution in [1.82, 2.24) is 0 Å². The molecule has 0 amide bonds. The van der Waals surface area contributed by atoms with Crippen LogP contribution in [-0.4, -0.2) is 30.7 Å². The SMILES string of the molecule is C=C(CO)C1Cc2c(ccc(C(C)=O)c2OC)O1. The second-order valence-electron chi connectivity index (χ2n) is 4.31. The summed E-state index contributed by atoms with van der Waals surface area (Å²) in [5.41, 5.74) is 2.04. The van der Waals surface area contributed by atoms with Crippen molar-refractivity contribution in [3.05, 3.63) is 35.4 Å². The van der Waals surface area contributed by atoms with E-state index in [1.54, 1.807) is 12.1 Å². The summed E-state index contributed by atoms with van der Waals surface area (Å²) in [4.78, 5) is 11.5. The van der Waals surface area contributed by atoms with E-state index >= 15 is 0 Å². The smallest absolute Gasteiger partial charge is 0.163 e. The van der Waals surface area contributed by atoms with Crippen LogP contribution in [0.1, 0.15) is 22.8 Å². The van der Waals surface area contributed by atoms with Crippen molar-refractivity contribution in [3.8, 4) is 11.5 Å². The predicted molar refractivity (Wildman–Crippen MR) is 67.3 cm³/mol. The van der Waals surface area contributed by atoms with Crippen molar-refractivity contribution in [2.45, 2.75) is 19.4 Å². The molecule has 18 heavy (non-hydrogen) atoms. The topological polar surface area (TPSA) is 55.8 Å². The lowest BCUT2D eigenvalue weighted by Crippen LogP contribution is -2.17. The zero-order chi connectivity index (χ0) is 13.3. The minimum Gasteiger partial charge on any atom is -0.496 e. The monoisotopic (exact) mass is 248 g/mol. The van der Waals surface area contributed by atoms with Crippen molar-refractivity contribution in [3.63, 3.8) is 0 Å². The summed E-state index contributed by atoms with van der Waals surface area (Å²) in [6, 6.07) is 3.46. The van der Waals surface area contributed by atoms with E-state index in [-0.39, 0.29) is 18.5 Å². The van der Waals surface area contributed by atoms with Crippen LogP contribution >= 0.6 is 0 Å². The molecule has 1 aliphatic rings. The highest BCUT2D eigenvalue weighted by Crippen LogP contribution is 2.39. The average Bonchev–Trinajstić information content (AvgIpc) is 2.79. The molecule has 1 heterocycles. The summed E-state index contributed by atoms with van der Waals surface area (Å²) in [6.07, 6.45) is 0.319. The van der Waals surface area contributed by atoms with E-state index < -0.39 is 0 Å². The number of ketones is 1. The number of ether oxygens (including phenoxy) is 2. The second kappa shape index (κ2) is 4.82. The highest BCUT2D eigenvalue weighted by molar-refractivity contribution is 5.97. The highest BCUT2D eigenvalue weighted by Gasteiger charge is 2.29. The van der Waals surface area contributed by atoms with Crippen LogP contribution in [0.2, 0.25) is 0 Å². The van der Waals surface area contributed by atoms with Gasteiger partial charge in [0.15, 0.2) is 5.78 Å². The standard InChI is InChI=1S/C14H16O4/c1-8(7-15)13-6-11-12(18-13)5-4-10(9(2)16)14(11)17-3/h4-5,13,15H,1,6-7H2,2-3H3. The summed E-state index contributed by atoms with van der Waals surface area (Å²) in [6.45, 7) is 5.16. The molecule has 0 radical (unpaired) electrons. The Morgan fingerprint density at radius 3 is 2.89 bits per heavy atom. The maximum absolute atomic E-state index is 11.5. The number of Topliss-reactive ketones (excluding diaryl/α,β-unsaturated/α-hetero) is 1. The van der Waals surface area contributed by atoms with E-state index in [0.29, 0.717) is 29.1 Å². The van der Waals surface area contributed by atoms with Gasteiger partial charge in [-0.15, -0.1) is 0 Å². The van der Waals surface area contributed by atoms with Gasteiger partial charge in [0.1, 0.15) is 17.6 Å². The number of fused-ring (bicyclic) bond motifs is 1. The minimum absolute atomic E-state index is 0.0425. The fourth-order valence-corrected chi connectivity index (χ4v) is 2.13. The van der Waals surface area contributed by atoms with Crippen LogP contribution in [0.15, 0.2) is 24.3 Å². The molecular formula is C14H16O4. The van der Waals surface area contributed by atoms with Gasteiger partial charge in [0.05, 0.1) is 19.3 Å². The number of carbonyl (C=O) groups is 1. The lowest BCUT2D eigenvalue weighted by molar-refractivity contribution is 0.101. The van der Waals surface area contributed by atoms with Crippen LogP contribution in [0.25, 0.3) is 0 Å². The van der Waals surface area contributed by atoms with Gasteiger partial charge >= 0.3 is 0 Å². The van der Waals surface area contributed by atoms with Gasteiger partial charge in [-0.25, -0.2) is 0 Å². The zero-order valence-corrected chi connectivity index (χ0v) is 10.5. The Morgan fingerprint density at radius 2 is 2.33 bits per heavy atom. The number of methoxy groups -OCH3 is 1. The highest BCUT2D eigenvalue weighted by atomic mass is 16.5. The molecule has 0 aromatic heterocycles. The molecule has 2 rings (SSSR count). The van der Waals surface area contributed by atoms with Crippen molar-refractivity contribution < 1.29 is 19.4 Å². The molecule has 0 spiro atoms. The Hall–Kier alpha value is -1.81. The first-order valence-corrected chi connectivity index (χ1v) is 5.74. The molecule has 4 nitrogen and oxygen atoms in total. The van der Waals surface area contributed by atoms with Crippen molar-refractivity contribution in [2.75, 3.05) is 13.7 Å². The molecule has 96 valence electrons. The number of aliphatic hydroxyl groups excluding tert-OH is 1. The number of hydrogen-bond acceptors (Lipinski definition) is 4. The van der Waals surface area contributed by atoms with E-state index in [9.17, 15) is 4.79 Å². The number of carbonyl (C=O) groups excluding carboxylic acids is 1. The Kier molecular flexibility index (Phi) is 3.39. The van der Waals surface area contributed by atoms with E-state index in [4.69, 9.17) is 14.6 Å². The normalized spacial score (nSPS) is 16.9. The molecule has 1 atom stereocenters. The number of benzene rings is 1. The molecule has 1 aromatic rings. The Labute approximate surface area is 106 Å². The van der Waals surface area contributed by atoms with Gasteiger partial charge in [0.2, 0.25) is 0 Å². The average molecular weight is 248 g/mol. The zero-order valence-electron chi connectivity index (χ0n) is 10.5. The molecule has 0 saturated carbocycles. The molecule has 0 saturated heterocycles. The van der Waals surface area contributed by atoms with Crippen molar-refractivity contribution >= 4 is 5.78 Å². The van der Waals surface area contributed by atoms with E-state index in [1.807, 2.05) is 0 Å². The lowest BCUT2D eigenvalue weighted by Gasteiger charge is -2.10. The Morgan fingerprint density at radius 1 is 1.61 bits per heavy atom. The molecule has 0 bridgehead atoms. The summed E-state index contributed by atoms with van der Waals surface area (Å²) < 4.78 is 11.0. The van der Waals surface area contributed by atoms with E-state index in [2.05, 4.69) is 6.58 Å². The quantitative estimate of drug-likeness (QED) is 0.651. The fourth-order valence-electron chi connectivity index (χ4n) is 2.13. The molecule has 1 unspecified atom stereocenters. The summed E-state index contributed by atoms with van der Waals surface area (Å²) in [5.74, 6) is 1.21. The Bertz CT molecular complexity index is 505. The van der Waals surface area contributed by atoms with Gasteiger partial charge in [0.25, 0.3) is 0 Å². The number of rotatable bonds is 4. The molecule has 0 fully saturated rings. The van der Waals surface area contributed by atoms with Gasteiger partial charge in [-0.1, -0.05) is 6.58 Å². The molecule has 0 aliphatic carbocycles. The minimum atomic E-state index is -0.249. The van der Waals surface area contributed by atoms with Crippen LogP contribution in [0.5, 0.6) is 11.5 Å². The van der Waals surface area contributed by atoms with E-state index in [0.717, 1.165) is 5.56 Å². The third-order valence-corrected chi connectivity index (χ3v) is 3.12. The van der Waals surface area contributed by atoms with Gasteiger partial charge in [-0.2, -0.15) is 0 Å². The third-order valence-electron chi connectivity index (χ3n) is 3.12. The molecule has 1 aromatic carbocycles. The maximum atomic E-state index is 11.5. The molecule has 1 N–H and O–H groups in total. The number of hydrogen-bond donors (Lipinski definition) is 1. The van der Waals surface area contributed by atoms with Gasteiger partial charge in [-0.05, 0) is 24.6 Å². The molecule has 4 heteroatoms. The van der Waals surface area contributed by atoms with Crippen LogP contribution in [0, 0.1) is 0 Å². The first kappa shape index (κ1) is 12.6. The third kappa shape index (κ3) is 1.99. The second-order valence-corrected chi connectivity index (χ2v) is 4.31. The first-order chi connectivity index (χ1) is 8.58. The van der Waals surface area contributed by atoms with Gasteiger partial charge in [0, 0.05) is 12.0 Å². The number of aliphatic hydroxyl groups is 1. The summed E-state index contributed by atoms with van der Waals surface area (Å²) in [5, 5.41) is 9.08. The van der Waals surface area contributed by atoms with Crippen LogP contribution in [0.3, 0.4) is 0 Å². The van der Waals surface area contributed by atoms with Crippen molar-refractivity contribution in [2.24, 2.45) is 0 Å². The molecular weight excluding hydrogens is 232 g/mol. The van der Waals surface area contributed by atoms with Gasteiger partial charge in [-0.3, -0.25) is 4.79 Å².